The lowest BCUT2D eigenvalue weighted by molar-refractivity contribution is -0.133. The molecule has 1 fully saturated rings. The predicted octanol–water partition coefficient (Wildman–Crippen LogP) is -0.435. The van der Waals surface area contributed by atoms with Crippen LogP contribution in [0.3, 0.4) is 0 Å². The number of methoxy groups -OCH3 is 1. The molecule has 0 bridgehead atoms. The molecule has 0 spiro atoms. The van der Waals surface area contributed by atoms with E-state index in [1.54, 1.807) is 18.2 Å². The number of carbonyl (C=O) groups excluding carboxylic acids is 3. The van der Waals surface area contributed by atoms with E-state index in [1.165, 1.54) is 14.0 Å². The van der Waals surface area contributed by atoms with Gasteiger partial charge in [0.05, 0.1) is 13.0 Å². The number of imide groups is 1. The smallest absolute Gasteiger partial charge is 0.251 e. The first kappa shape index (κ1) is 15.0. The first-order valence-corrected chi connectivity index (χ1v) is 6.46. The molecule has 112 valence electrons. The van der Waals surface area contributed by atoms with Crippen LogP contribution in [0.5, 0.6) is 5.75 Å². The molecule has 0 aliphatic carbocycles. The number of ether oxygens (including phenoxy) is 1. The SMILES string of the molecule is COc1ccc(N)c([C@@H]2CN[C@H](C(=O)NC(C)=O)C2=O)c1. The van der Waals surface area contributed by atoms with Gasteiger partial charge >= 0.3 is 0 Å². The van der Waals surface area contributed by atoms with Crippen LogP contribution in [0.15, 0.2) is 18.2 Å². The number of anilines is 1. The van der Waals surface area contributed by atoms with Gasteiger partial charge in [0.1, 0.15) is 11.8 Å². The third-order valence-corrected chi connectivity index (χ3v) is 3.38. The van der Waals surface area contributed by atoms with Gasteiger partial charge in [-0.3, -0.25) is 25.0 Å². The van der Waals surface area contributed by atoms with Crippen molar-refractivity contribution >= 4 is 23.3 Å². The zero-order chi connectivity index (χ0) is 15.6. The van der Waals surface area contributed by atoms with Gasteiger partial charge in [-0.15, -0.1) is 0 Å². The summed E-state index contributed by atoms with van der Waals surface area (Å²) in [5, 5.41) is 4.92. The summed E-state index contributed by atoms with van der Waals surface area (Å²) in [6, 6.07) is 4.01. The lowest BCUT2D eigenvalue weighted by Crippen LogP contribution is -2.45. The minimum atomic E-state index is -1.04. The Morgan fingerprint density at radius 1 is 1.43 bits per heavy atom. The van der Waals surface area contributed by atoms with Gasteiger partial charge in [-0.1, -0.05) is 0 Å². The summed E-state index contributed by atoms with van der Waals surface area (Å²) >= 11 is 0. The van der Waals surface area contributed by atoms with Crippen molar-refractivity contribution in [3.8, 4) is 5.75 Å². The Hall–Kier alpha value is -2.41. The maximum Gasteiger partial charge on any atom is 0.251 e. The quantitative estimate of drug-likeness (QED) is 0.514. The largest absolute Gasteiger partial charge is 0.497 e. The Labute approximate surface area is 121 Å². The van der Waals surface area contributed by atoms with Crippen LogP contribution in [0.2, 0.25) is 0 Å². The van der Waals surface area contributed by atoms with Crippen molar-refractivity contribution in [2.24, 2.45) is 0 Å². The van der Waals surface area contributed by atoms with E-state index >= 15 is 0 Å². The molecule has 0 aromatic heterocycles. The van der Waals surface area contributed by atoms with Crippen molar-refractivity contribution in [3.63, 3.8) is 0 Å². The monoisotopic (exact) mass is 291 g/mol. The van der Waals surface area contributed by atoms with Gasteiger partial charge in [-0.25, -0.2) is 0 Å². The van der Waals surface area contributed by atoms with E-state index in [1.807, 2.05) is 0 Å². The highest BCUT2D eigenvalue weighted by molar-refractivity contribution is 6.13. The first-order valence-electron chi connectivity index (χ1n) is 6.46. The van der Waals surface area contributed by atoms with Crippen LogP contribution in [0, 0.1) is 0 Å². The summed E-state index contributed by atoms with van der Waals surface area (Å²) < 4.78 is 5.12. The minimum absolute atomic E-state index is 0.284. The van der Waals surface area contributed by atoms with Crippen molar-refractivity contribution in [1.82, 2.24) is 10.6 Å². The molecule has 1 heterocycles. The van der Waals surface area contributed by atoms with E-state index in [2.05, 4.69) is 10.6 Å². The molecule has 4 N–H and O–H groups in total. The molecule has 7 nitrogen and oxygen atoms in total. The van der Waals surface area contributed by atoms with Crippen molar-refractivity contribution < 1.29 is 19.1 Å². The molecular formula is C14H17N3O4. The number of ketones is 1. The third-order valence-electron chi connectivity index (χ3n) is 3.38. The Morgan fingerprint density at radius 2 is 2.14 bits per heavy atom. The van der Waals surface area contributed by atoms with Crippen molar-refractivity contribution in [2.75, 3.05) is 19.4 Å². The fourth-order valence-corrected chi connectivity index (χ4v) is 2.35. The van der Waals surface area contributed by atoms with Crippen molar-refractivity contribution in [3.05, 3.63) is 23.8 Å². The molecule has 2 rings (SSSR count). The van der Waals surface area contributed by atoms with Crippen molar-refractivity contribution in [2.45, 2.75) is 18.9 Å². The number of nitrogens with one attached hydrogen (secondary N) is 2. The summed E-state index contributed by atoms with van der Waals surface area (Å²) in [6.45, 7) is 1.50. The van der Waals surface area contributed by atoms with Gasteiger partial charge in [0.25, 0.3) is 5.91 Å². The molecule has 1 saturated heterocycles. The molecule has 1 aromatic rings. The normalized spacial score (nSPS) is 21.1. The van der Waals surface area contributed by atoms with Gasteiger partial charge in [-0.2, -0.15) is 0 Å². The second-order valence-electron chi connectivity index (χ2n) is 4.84. The average Bonchev–Trinajstić information content (AvgIpc) is 2.80. The fourth-order valence-electron chi connectivity index (χ4n) is 2.35. The fraction of sp³-hybridized carbons (Fsp3) is 0.357. The molecule has 2 atom stereocenters. The summed E-state index contributed by atoms with van der Waals surface area (Å²) in [5.41, 5.74) is 6.98. The lowest BCUT2D eigenvalue weighted by Gasteiger charge is -2.13. The number of rotatable bonds is 3. The molecule has 1 aromatic carbocycles. The van der Waals surface area contributed by atoms with E-state index in [-0.39, 0.29) is 12.3 Å². The molecular weight excluding hydrogens is 274 g/mol. The Kier molecular flexibility index (Phi) is 4.23. The minimum Gasteiger partial charge on any atom is -0.497 e. The zero-order valence-electron chi connectivity index (χ0n) is 11.8. The number of nitrogens with two attached hydrogens (primary N) is 1. The summed E-state index contributed by atoms with van der Waals surface area (Å²) in [7, 11) is 1.52. The van der Waals surface area contributed by atoms with E-state index in [9.17, 15) is 14.4 Å². The van der Waals surface area contributed by atoms with Gasteiger partial charge in [-0.05, 0) is 23.8 Å². The highest BCUT2D eigenvalue weighted by Crippen LogP contribution is 2.30. The maximum absolute atomic E-state index is 12.3. The molecule has 0 radical (unpaired) electrons. The molecule has 1 aliphatic rings. The Balaban J connectivity index is 2.22. The Morgan fingerprint density at radius 3 is 2.76 bits per heavy atom. The van der Waals surface area contributed by atoms with Crippen LogP contribution in [0.1, 0.15) is 18.4 Å². The predicted molar refractivity (Wildman–Crippen MR) is 75.8 cm³/mol. The maximum atomic E-state index is 12.3. The van der Waals surface area contributed by atoms with Crippen LogP contribution in [0.4, 0.5) is 5.69 Å². The number of benzene rings is 1. The number of hydrogen-bond donors (Lipinski definition) is 3. The highest BCUT2D eigenvalue weighted by atomic mass is 16.5. The van der Waals surface area contributed by atoms with Crippen LogP contribution in [-0.4, -0.2) is 37.3 Å². The average molecular weight is 291 g/mol. The van der Waals surface area contributed by atoms with Crippen LogP contribution in [-0.2, 0) is 14.4 Å². The number of nitrogen functional groups attached to an aromatic ring is 1. The first-order chi connectivity index (χ1) is 9.93. The second-order valence-corrected chi connectivity index (χ2v) is 4.84. The topological polar surface area (TPSA) is 111 Å². The number of carbonyl (C=O) groups is 3. The van der Waals surface area contributed by atoms with E-state index in [0.29, 0.717) is 17.0 Å². The highest BCUT2D eigenvalue weighted by Gasteiger charge is 2.40. The number of hydrogen-bond acceptors (Lipinski definition) is 6. The van der Waals surface area contributed by atoms with Crippen LogP contribution >= 0.6 is 0 Å². The molecule has 21 heavy (non-hydrogen) atoms. The molecule has 0 saturated carbocycles. The standard InChI is InChI=1S/C14H17N3O4/c1-7(18)17-14(20)12-13(19)10(6-16-12)9-5-8(21-2)3-4-11(9)15/h3-5,10,12,16H,6,15H2,1-2H3,(H,17,18,20)/t10-,12-/m0/s1. The molecule has 2 amide bonds. The van der Waals surface area contributed by atoms with Crippen LogP contribution in [0.25, 0.3) is 0 Å². The summed E-state index contributed by atoms with van der Waals surface area (Å²) in [4.78, 5) is 35.0. The van der Waals surface area contributed by atoms with E-state index < -0.39 is 23.8 Å². The van der Waals surface area contributed by atoms with Gasteiger partial charge in [0.2, 0.25) is 5.91 Å². The molecule has 1 aliphatic heterocycles. The zero-order valence-corrected chi connectivity index (χ0v) is 11.8. The van der Waals surface area contributed by atoms with Crippen LogP contribution < -0.4 is 21.1 Å². The Bertz CT molecular complexity index is 600. The van der Waals surface area contributed by atoms with Crippen molar-refractivity contribution in [1.29, 1.82) is 0 Å². The molecule has 0 unspecified atom stereocenters. The summed E-state index contributed by atoms with van der Waals surface area (Å²) in [5.74, 6) is -1.41. The van der Waals surface area contributed by atoms with Gasteiger partial charge < -0.3 is 10.5 Å². The second kappa shape index (κ2) is 5.92. The van der Waals surface area contributed by atoms with E-state index in [4.69, 9.17) is 10.5 Å². The summed E-state index contributed by atoms with van der Waals surface area (Å²) in [6.07, 6.45) is 0. The molecule has 7 heteroatoms. The number of amides is 2. The van der Waals surface area contributed by atoms with Gasteiger partial charge in [0, 0.05) is 19.2 Å². The van der Waals surface area contributed by atoms with Gasteiger partial charge in [0.15, 0.2) is 5.78 Å². The number of Topliss-reactive ketones (excluding diaryl/α,β-unsaturated/α-hetero) is 1. The lowest BCUT2D eigenvalue weighted by atomic mass is 9.93. The van der Waals surface area contributed by atoms with E-state index in [0.717, 1.165) is 0 Å². The third kappa shape index (κ3) is 3.03.